The summed E-state index contributed by atoms with van der Waals surface area (Å²) in [6.07, 6.45) is 1.71. The summed E-state index contributed by atoms with van der Waals surface area (Å²) in [6, 6.07) is 7.20. The molecule has 0 unspecified atom stereocenters. The predicted octanol–water partition coefficient (Wildman–Crippen LogP) is 3.20. The molecule has 0 spiro atoms. The van der Waals surface area contributed by atoms with Crippen LogP contribution in [0.4, 0.5) is 0 Å². The summed E-state index contributed by atoms with van der Waals surface area (Å²) < 4.78 is 0. The van der Waals surface area contributed by atoms with Gasteiger partial charge >= 0.3 is 0 Å². The van der Waals surface area contributed by atoms with E-state index in [-0.39, 0.29) is 5.03 Å². The van der Waals surface area contributed by atoms with Gasteiger partial charge in [0.15, 0.2) is 0 Å². The minimum atomic E-state index is 0.0108. The minimum Gasteiger partial charge on any atom is -0.250 e. The molecule has 0 aliphatic carbocycles. The zero-order chi connectivity index (χ0) is 10.1. The van der Waals surface area contributed by atoms with Crippen molar-refractivity contribution in [2.75, 3.05) is 0 Å². The Bertz CT molecular complexity index is 306. The summed E-state index contributed by atoms with van der Waals surface area (Å²) in [4.78, 5) is 3.84. The molecule has 1 rings (SSSR count). The SMILES string of the molecule is N#CC(Cl)=CCl.Sc1ccccn1. The number of hydrogen-bond donors (Lipinski definition) is 1. The average Bonchev–Trinajstić information content (AvgIpc) is 2.19. The van der Waals surface area contributed by atoms with Crippen LogP contribution in [0.2, 0.25) is 0 Å². The number of aromatic nitrogens is 1. The normalized spacial score (nSPS) is 9.54. The molecular formula is C8H6Cl2N2S. The van der Waals surface area contributed by atoms with Crippen LogP contribution in [-0.2, 0) is 0 Å². The average molecular weight is 233 g/mol. The molecule has 0 atom stereocenters. The first-order valence-electron chi connectivity index (χ1n) is 3.16. The van der Waals surface area contributed by atoms with E-state index >= 15 is 0 Å². The molecule has 1 aromatic heterocycles. The lowest BCUT2D eigenvalue weighted by Gasteiger charge is -1.81. The molecular weight excluding hydrogens is 227 g/mol. The fraction of sp³-hybridized carbons (Fsp3) is 0. The highest BCUT2D eigenvalue weighted by Gasteiger charge is 1.77. The number of halogens is 2. The van der Waals surface area contributed by atoms with Crippen LogP contribution in [0.5, 0.6) is 0 Å². The van der Waals surface area contributed by atoms with Crippen molar-refractivity contribution in [1.29, 1.82) is 5.26 Å². The van der Waals surface area contributed by atoms with E-state index in [2.05, 4.69) is 17.6 Å². The second kappa shape index (κ2) is 7.93. The highest BCUT2D eigenvalue weighted by Crippen LogP contribution is 1.98. The molecule has 0 aliphatic rings. The summed E-state index contributed by atoms with van der Waals surface area (Å²) in [6.45, 7) is 0. The number of hydrogen-bond acceptors (Lipinski definition) is 3. The van der Waals surface area contributed by atoms with Crippen molar-refractivity contribution in [2.24, 2.45) is 0 Å². The summed E-state index contributed by atoms with van der Waals surface area (Å²) in [5.41, 5.74) is 1.02. The van der Waals surface area contributed by atoms with Crippen LogP contribution in [0.25, 0.3) is 0 Å². The Hall–Kier alpha value is -0.690. The van der Waals surface area contributed by atoms with Gasteiger partial charge in [-0.05, 0) is 12.1 Å². The first-order valence-corrected chi connectivity index (χ1v) is 4.43. The van der Waals surface area contributed by atoms with Crippen LogP contribution < -0.4 is 0 Å². The second-order valence-electron chi connectivity index (χ2n) is 1.76. The third kappa shape index (κ3) is 7.66. The Morgan fingerprint density at radius 2 is 2.31 bits per heavy atom. The largest absolute Gasteiger partial charge is 0.250 e. The standard InChI is InChI=1S/C5H5NS.C3HCl2N/c7-5-3-1-2-4-6-5;4-1-3(5)2-6/h1-4H,(H,6,7);1H. The van der Waals surface area contributed by atoms with Crippen LogP contribution in [0, 0.1) is 11.3 Å². The Kier molecular flexibility index (Phi) is 7.51. The van der Waals surface area contributed by atoms with Gasteiger partial charge in [0.2, 0.25) is 0 Å². The van der Waals surface area contributed by atoms with E-state index < -0.39 is 0 Å². The van der Waals surface area contributed by atoms with Gasteiger partial charge in [0.1, 0.15) is 11.1 Å². The van der Waals surface area contributed by atoms with E-state index in [9.17, 15) is 0 Å². The molecule has 0 fully saturated rings. The number of nitrogens with zero attached hydrogens (tertiary/aromatic N) is 2. The topological polar surface area (TPSA) is 36.7 Å². The predicted molar refractivity (Wildman–Crippen MR) is 56.9 cm³/mol. The van der Waals surface area contributed by atoms with E-state index in [1.165, 1.54) is 0 Å². The van der Waals surface area contributed by atoms with Crippen molar-refractivity contribution < 1.29 is 0 Å². The van der Waals surface area contributed by atoms with Crippen molar-refractivity contribution in [3.8, 4) is 6.07 Å². The van der Waals surface area contributed by atoms with Gasteiger partial charge in [-0.2, -0.15) is 5.26 Å². The first-order chi connectivity index (χ1) is 6.20. The Morgan fingerprint density at radius 1 is 1.62 bits per heavy atom. The number of thiol groups is 1. The molecule has 2 nitrogen and oxygen atoms in total. The number of pyridine rings is 1. The molecule has 1 aromatic rings. The van der Waals surface area contributed by atoms with Gasteiger partial charge < -0.3 is 0 Å². The smallest absolute Gasteiger partial charge is 0.129 e. The Morgan fingerprint density at radius 3 is 2.46 bits per heavy atom. The highest BCUT2D eigenvalue weighted by atomic mass is 35.5. The molecule has 0 saturated carbocycles. The van der Waals surface area contributed by atoms with Gasteiger partial charge in [-0.3, -0.25) is 4.98 Å². The van der Waals surface area contributed by atoms with E-state index in [0.717, 1.165) is 10.6 Å². The zero-order valence-corrected chi connectivity index (χ0v) is 8.89. The van der Waals surface area contributed by atoms with E-state index in [1.54, 1.807) is 12.3 Å². The molecule has 0 N–H and O–H groups in total. The van der Waals surface area contributed by atoms with E-state index in [0.29, 0.717) is 0 Å². The summed E-state index contributed by atoms with van der Waals surface area (Å²) in [5.74, 6) is 0. The molecule has 0 aliphatic heterocycles. The molecule has 13 heavy (non-hydrogen) atoms. The van der Waals surface area contributed by atoms with Gasteiger partial charge in [0.25, 0.3) is 0 Å². The van der Waals surface area contributed by atoms with Gasteiger partial charge in [-0.1, -0.05) is 29.3 Å². The highest BCUT2D eigenvalue weighted by molar-refractivity contribution is 7.80. The van der Waals surface area contributed by atoms with Crippen LogP contribution in [-0.4, -0.2) is 4.98 Å². The van der Waals surface area contributed by atoms with Crippen molar-refractivity contribution in [1.82, 2.24) is 4.98 Å². The van der Waals surface area contributed by atoms with Crippen molar-refractivity contribution in [3.63, 3.8) is 0 Å². The van der Waals surface area contributed by atoms with Crippen molar-refractivity contribution in [3.05, 3.63) is 35.0 Å². The lowest BCUT2D eigenvalue weighted by Crippen LogP contribution is -1.67. The molecule has 1 heterocycles. The molecule has 5 heteroatoms. The van der Waals surface area contributed by atoms with E-state index in [1.807, 2.05) is 18.2 Å². The maximum atomic E-state index is 7.80. The third-order valence-corrected chi connectivity index (χ3v) is 1.64. The summed E-state index contributed by atoms with van der Waals surface area (Å²) in [5, 5.41) is 8.58. The fourth-order valence-corrected chi connectivity index (χ4v) is 0.580. The molecule has 0 amide bonds. The van der Waals surface area contributed by atoms with Crippen LogP contribution >= 0.6 is 35.8 Å². The molecule has 0 aromatic carbocycles. The van der Waals surface area contributed by atoms with E-state index in [4.69, 9.17) is 28.5 Å². The zero-order valence-electron chi connectivity index (χ0n) is 6.48. The quantitative estimate of drug-likeness (QED) is 0.551. The van der Waals surface area contributed by atoms with Gasteiger partial charge in [0.05, 0.1) is 5.03 Å². The molecule has 0 bridgehead atoms. The Labute approximate surface area is 92.2 Å². The van der Waals surface area contributed by atoms with Crippen LogP contribution in [0.15, 0.2) is 40.0 Å². The van der Waals surface area contributed by atoms with Gasteiger partial charge in [-0.15, -0.1) is 12.6 Å². The summed E-state index contributed by atoms with van der Waals surface area (Å²) in [7, 11) is 0. The maximum Gasteiger partial charge on any atom is 0.129 e. The van der Waals surface area contributed by atoms with Gasteiger partial charge in [-0.25, -0.2) is 0 Å². The van der Waals surface area contributed by atoms with Crippen molar-refractivity contribution >= 4 is 35.8 Å². The minimum absolute atomic E-state index is 0.0108. The number of allylic oxidation sites excluding steroid dienone is 1. The van der Waals surface area contributed by atoms with Crippen molar-refractivity contribution in [2.45, 2.75) is 5.03 Å². The second-order valence-corrected chi connectivity index (χ2v) is 2.84. The lowest BCUT2D eigenvalue weighted by molar-refractivity contribution is 1.14. The summed E-state index contributed by atoms with van der Waals surface area (Å²) >= 11 is 13.9. The maximum absolute atomic E-state index is 7.80. The number of rotatable bonds is 0. The van der Waals surface area contributed by atoms with Crippen LogP contribution in [0.3, 0.4) is 0 Å². The fourth-order valence-electron chi connectivity index (χ4n) is 0.378. The monoisotopic (exact) mass is 232 g/mol. The molecule has 0 saturated heterocycles. The lowest BCUT2D eigenvalue weighted by atomic mass is 10.5. The molecule has 68 valence electrons. The first kappa shape index (κ1) is 12.3. The third-order valence-electron chi connectivity index (χ3n) is 0.852. The Balaban J connectivity index is 0.000000226. The van der Waals surface area contributed by atoms with Gasteiger partial charge in [0, 0.05) is 11.7 Å². The number of nitriles is 1. The molecule has 0 radical (unpaired) electrons. The van der Waals surface area contributed by atoms with Crippen LogP contribution in [0.1, 0.15) is 0 Å².